The van der Waals surface area contributed by atoms with Crippen molar-refractivity contribution in [2.75, 3.05) is 12.8 Å². The van der Waals surface area contributed by atoms with Gasteiger partial charge < -0.3 is 14.9 Å². The van der Waals surface area contributed by atoms with E-state index in [1.165, 1.54) is 35.7 Å². The quantitative estimate of drug-likeness (QED) is 0.151. The Balaban J connectivity index is 1.75. The molecular weight excluding hydrogens is 561 g/mol. The van der Waals surface area contributed by atoms with Gasteiger partial charge in [0.1, 0.15) is 21.7 Å². The second-order valence-corrected chi connectivity index (χ2v) is 13.3. The average molecular weight is 592 g/mol. The van der Waals surface area contributed by atoms with Crippen LogP contribution in [0.5, 0.6) is 0 Å². The van der Waals surface area contributed by atoms with E-state index in [0.29, 0.717) is 29.0 Å². The summed E-state index contributed by atoms with van der Waals surface area (Å²) in [5.74, 6) is -1.36. The molecule has 0 aliphatic rings. The number of nitrogens with zero attached hydrogens (tertiary/aromatic N) is 2. The van der Waals surface area contributed by atoms with Crippen LogP contribution in [-0.2, 0) is 30.8 Å². The van der Waals surface area contributed by atoms with Crippen LogP contribution in [-0.4, -0.2) is 26.3 Å². The van der Waals surface area contributed by atoms with Crippen LogP contribution in [0.2, 0.25) is 0 Å². The summed E-state index contributed by atoms with van der Waals surface area (Å²) in [5.41, 5.74) is 8.91. The molecule has 9 heteroatoms. The van der Waals surface area contributed by atoms with Crippen molar-refractivity contribution >= 4 is 38.4 Å². The zero-order valence-corrected chi connectivity index (χ0v) is 24.7. The number of aromatic nitrogens is 1. The molecule has 0 saturated carbocycles. The fourth-order valence-corrected chi connectivity index (χ4v) is 7.19. The fourth-order valence-electron chi connectivity index (χ4n) is 4.88. The van der Waals surface area contributed by atoms with E-state index in [0.717, 1.165) is 21.6 Å². The monoisotopic (exact) mass is 591 g/mol. The number of fused-ring (bicyclic) bond motifs is 1. The first-order chi connectivity index (χ1) is 19.6. The highest BCUT2D eigenvalue weighted by molar-refractivity contribution is 7.92. The van der Waals surface area contributed by atoms with Crippen molar-refractivity contribution in [2.45, 2.75) is 43.6 Å². The molecule has 212 valence electrons. The van der Waals surface area contributed by atoms with E-state index in [2.05, 4.69) is 4.90 Å². The minimum absolute atomic E-state index is 0.121. The molecule has 0 fully saturated rings. The van der Waals surface area contributed by atoms with E-state index in [-0.39, 0.29) is 27.7 Å². The van der Waals surface area contributed by atoms with Gasteiger partial charge in [-0.15, -0.1) is 11.3 Å². The van der Waals surface area contributed by atoms with Crippen molar-refractivity contribution in [1.82, 2.24) is 9.47 Å². The van der Waals surface area contributed by atoms with Crippen molar-refractivity contribution in [3.8, 4) is 10.4 Å². The van der Waals surface area contributed by atoms with Crippen LogP contribution in [0.4, 0.5) is 14.5 Å². The highest BCUT2D eigenvalue weighted by Crippen LogP contribution is 2.39. The molecule has 41 heavy (non-hydrogen) atoms. The third-order valence-corrected chi connectivity index (χ3v) is 9.80. The SMILES string of the molecule is CC(C)[S+]([O-])c1cn(Cc2c(F)cccc2F)c2sc(-c3ccc(N)cc3)c(CN(C)Cc3ccccc3)c2c1=O. The van der Waals surface area contributed by atoms with Crippen LogP contribution < -0.4 is 11.2 Å². The van der Waals surface area contributed by atoms with E-state index >= 15 is 0 Å². The first-order valence-electron chi connectivity index (χ1n) is 13.2. The van der Waals surface area contributed by atoms with Gasteiger partial charge >= 0.3 is 0 Å². The van der Waals surface area contributed by atoms with Gasteiger partial charge in [-0.1, -0.05) is 48.5 Å². The number of nitrogens with two attached hydrogens (primary N) is 1. The van der Waals surface area contributed by atoms with Gasteiger partial charge in [0.2, 0.25) is 10.3 Å². The molecule has 5 aromatic rings. The highest BCUT2D eigenvalue weighted by Gasteiger charge is 2.28. The molecule has 2 N–H and O–H groups in total. The van der Waals surface area contributed by atoms with Crippen molar-refractivity contribution in [3.63, 3.8) is 0 Å². The number of halogens is 2. The average Bonchev–Trinajstić information content (AvgIpc) is 3.32. The lowest BCUT2D eigenvalue weighted by molar-refractivity contribution is 0.321. The minimum Gasteiger partial charge on any atom is -0.611 e. The molecule has 0 aliphatic carbocycles. The van der Waals surface area contributed by atoms with Gasteiger partial charge in [-0.05, 0) is 73.0 Å². The summed E-state index contributed by atoms with van der Waals surface area (Å²) in [7, 11) is 1.98. The molecule has 1 atom stereocenters. The Morgan fingerprint density at radius 1 is 0.951 bits per heavy atom. The highest BCUT2D eigenvalue weighted by atomic mass is 32.2. The summed E-state index contributed by atoms with van der Waals surface area (Å²) >= 11 is -0.235. The molecular formula is C32H31F2N3O2S2. The lowest BCUT2D eigenvalue weighted by Crippen LogP contribution is -2.25. The normalized spacial score (nSPS) is 12.5. The number of hydrogen-bond donors (Lipinski definition) is 1. The molecule has 5 rings (SSSR count). The van der Waals surface area contributed by atoms with E-state index < -0.39 is 22.8 Å². The molecule has 2 heterocycles. The lowest BCUT2D eigenvalue weighted by atomic mass is 10.1. The Hall–Kier alpha value is -3.50. The molecule has 1 unspecified atom stereocenters. The van der Waals surface area contributed by atoms with Crippen LogP contribution in [0.15, 0.2) is 88.7 Å². The number of anilines is 1. The predicted octanol–water partition coefficient (Wildman–Crippen LogP) is 6.79. The van der Waals surface area contributed by atoms with Gasteiger partial charge in [0.15, 0.2) is 0 Å². The number of hydrogen-bond acceptors (Lipinski definition) is 5. The zero-order valence-electron chi connectivity index (χ0n) is 23.1. The number of thiophene rings is 1. The zero-order chi connectivity index (χ0) is 29.3. The summed E-state index contributed by atoms with van der Waals surface area (Å²) in [4.78, 5) is 17.7. The molecule has 3 aromatic carbocycles. The van der Waals surface area contributed by atoms with Crippen LogP contribution in [0.25, 0.3) is 20.7 Å². The maximum atomic E-state index is 14.8. The summed E-state index contributed by atoms with van der Waals surface area (Å²) in [5, 5.41) is 0.100. The van der Waals surface area contributed by atoms with Crippen LogP contribution >= 0.6 is 11.3 Å². The van der Waals surface area contributed by atoms with E-state index in [1.807, 2.05) is 49.5 Å². The molecule has 0 saturated heterocycles. The number of benzene rings is 3. The molecule has 2 aromatic heterocycles. The second-order valence-electron chi connectivity index (χ2n) is 10.4. The van der Waals surface area contributed by atoms with Gasteiger partial charge in [0.25, 0.3) is 0 Å². The van der Waals surface area contributed by atoms with Crippen molar-refractivity contribution < 1.29 is 13.3 Å². The largest absolute Gasteiger partial charge is 0.611 e. The smallest absolute Gasteiger partial charge is 0.245 e. The van der Waals surface area contributed by atoms with Crippen LogP contribution in [0.1, 0.15) is 30.5 Å². The second kappa shape index (κ2) is 12.2. The fraction of sp³-hybridized carbons (Fsp3) is 0.219. The molecule has 0 radical (unpaired) electrons. The van der Waals surface area contributed by atoms with Crippen molar-refractivity contribution in [1.29, 1.82) is 0 Å². The van der Waals surface area contributed by atoms with E-state index in [9.17, 15) is 18.1 Å². The number of rotatable bonds is 9. The first-order valence-corrected chi connectivity index (χ1v) is 15.3. The third-order valence-electron chi connectivity index (χ3n) is 6.90. The Morgan fingerprint density at radius 3 is 2.24 bits per heavy atom. The minimum atomic E-state index is -1.62. The molecule has 0 aliphatic heterocycles. The van der Waals surface area contributed by atoms with Gasteiger partial charge in [0, 0.05) is 29.2 Å². The van der Waals surface area contributed by atoms with E-state index in [4.69, 9.17) is 5.73 Å². The third kappa shape index (κ3) is 6.08. The lowest BCUT2D eigenvalue weighted by Gasteiger charge is -2.19. The summed E-state index contributed by atoms with van der Waals surface area (Å²) < 4.78 is 44.6. The molecule has 0 spiro atoms. The Morgan fingerprint density at radius 2 is 1.61 bits per heavy atom. The standard InChI is InChI=1S/C32H31F2N3O2S2/c1-20(2)41(39)28-19-37(18-24-26(33)10-7-11-27(24)34)32-29(30(28)38)25(17-36(3)16-21-8-5-4-6-9-21)31(40-32)22-12-14-23(35)15-13-22/h4-15,19-20H,16-18,35H2,1-3H3. The summed E-state index contributed by atoms with van der Waals surface area (Å²) in [6.07, 6.45) is 1.51. The predicted molar refractivity (Wildman–Crippen MR) is 165 cm³/mol. The van der Waals surface area contributed by atoms with Crippen LogP contribution in [0.3, 0.4) is 0 Å². The molecule has 0 amide bonds. The Labute approximate surface area is 245 Å². The van der Waals surface area contributed by atoms with Crippen molar-refractivity contribution in [2.24, 2.45) is 0 Å². The molecule has 5 nitrogen and oxygen atoms in total. The maximum Gasteiger partial charge on any atom is 0.245 e. The number of nitrogen functional groups attached to an aromatic ring is 1. The van der Waals surface area contributed by atoms with Gasteiger partial charge in [-0.3, -0.25) is 9.69 Å². The van der Waals surface area contributed by atoms with Crippen LogP contribution in [0, 0.1) is 11.6 Å². The van der Waals surface area contributed by atoms with Gasteiger partial charge in [-0.25, -0.2) is 8.78 Å². The maximum absolute atomic E-state index is 14.8. The summed E-state index contributed by atoms with van der Waals surface area (Å²) in [6, 6.07) is 21.2. The Bertz CT molecular complexity index is 1710. The van der Waals surface area contributed by atoms with Gasteiger partial charge in [0.05, 0.1) is 18.1 Å². The topological polar surface area (TPSA) is 74.3 Å². The first kappa shape index (κ1) is 29.0. The van der Waals surface area contributed by atoms with E-state index in [1.54, 1.807) is 30.5 Å². The van der Waals surface area contributed by atoms with Crippen molar-refractivity contribution in [3.05, 3.63) is 118 Å². The van der Waals surface area contributed by atoms with Gasteiger partial charge in [-0.2, -0.15) is 0 Å². The summed E-state index contributed by atoms with van der Waals surface area (Å²) in [6.45, 7) is 4.48. The number of pyridine rings is 1. The molecule has 0 bridgehead atoms. The Kier molecular flexibility index (Phi) is 8.60.